The lowest BCUT2D eigenvalue weighted by atomic mass is 9.74. The number of carbonyl (C=O) groups is 2. The maximum atomic E-state index is 13.9. The number of amides is 2. The summed E-state index contributed by atoms with van der Waals surface area (Å²) < 4.78 is 0. The zero-order chi connectivity index (χ0) is 24.8. The van der Waals surface area contributed by atoms with Crippen LogP contribution in [-0.2, 0) is 6.54 Å². The second-order valence-corrected chi connectivity index (χ2v) is 10.9. The van der Waals surface area contributed by atoms with E-state index in [1.54, 1.807) is 48.5 Å². The predicted octanol–water partition coefficient (Wildman–Crippen LogP) is 6.65. The van der Waals surface area contributed by atoms with Gasteiger partial charge in [-0.25, -0.2) is 0 Å². The van der Waals surface area contributed by atoms with Crippen molar-refractivity contribution in [3.8, 4) is 0 Å². The van der Waals surface area contributed by atoms with Crippen LogP contribution in [0.5, 0.6) is 0 Å². The molecule has 4 aliphatic rings. The van der Waals surface area contributed by atoms with E-state index in [1.165, 1.54) is 25.7 Å². The second kappa shape index (κ2) is 9.55. The van der Waals surface area contributed by atoms with Crippen LogP contribution in [0.3, 0.4) is 0 Å². The van der Waals surface area contributed by atoms with Gasteiger partial charge in [0.2, 0.25) is 0 Å². The summed E-state index contributed by atoms with van der Waals surface area (Å²) in [5, 5.41) is 3.89. The highest BCUT2D eigenvalue weighted by Crippen LogP contribution is 2.44. The molecule has 3 heterocycles. The Morgan fingerprint density at radius 1 is 0.889 bits per heavy atom. The first-order valence-corrected chi connectivity index (χ1v) is 13.3. The first-order chi connectivity index (χ1) is 17.5. The normalized spacial score (nSPS) is 22.9. The third-order valence-corrected chi connectivity index (χ3v) is 8.56. The third kappa shape index (κ3) is 4.30. The summed E-state index contributed by atoms with van der Waals surface area (Å²) in [4.78, 5) is 31.0. The average molecular weight is 520 g/mol. The Morgan fingerprint density at radius 2 is 1.64 bits per heavy atom. The number of anilines is 2. The lowest BCUT2D eigenvalue weighted by molar-refractivity contribution is -0.0121. The molecule has 1 N–H and O–H groups in total. The van der Waals surface area contributed by atoms with Gasteiger partial charge in [-0.15, -0.1) is 0 Å². The quantitative estimate of drug-likeness (QED) is 0.421. The van der Waals surface area contributed by atoms with Crippen LogP contribution in [0.4, 0.5) is 11.4 Å². The summed E-state index contributed by atoms with van der Waals surface area (Å²) in [5.41, 5.74) is 3.63. The first-order valence-electron chi connectivity index (χ1n) is 12.5. The number of hydrogen-bond donors (Lipinski definition) is 1. The number of benzene rings is 3. The van der Waals surface area contributed by atoms with Crippen molar-refractivity contribution in [3.63, 3.8) is 0 Å². The van der Waals surface area contributed by atoms with Gasteiger partial charge < -0.3 is 10.2 Å². The molecule has 3 aromatic carbocycles. The van der Waals surface area contributed by atoms with Gasteiger partial charge in [0.05, 0.1) is 10.6 Å². The predicted molar refractivity (Wildman–Crippen MR) is 144 cm³/mol. The summed E-state index contributed by atoms with van der Waals surface area (Å²) in [6.45, 7) is 1.52. The molecule has 1 aliphatic carbocycles. The second-order valence-electron chi connectivity index (χ2n) is 10.0. The molecule has 1 unspecified atom stereocenters. The first kappa shape index (κ1) is 23.5. The number of hydrogen-bond acceptors (Lipinski definition) is 3. The van der Waals surface area contributed by atoms with E-state index < -0.39 is 0 Å². The lowest BCUT2D eigenvalue weighted by Crippen LogP contribution is -2.57. The molecule has 1 saturated carbocycles. The van der Waals surface area contributed by atoms with Crippen molar-refractivity contribution >= 4 is 46.4 Å². The van der Waals surface area contributed by atoms with E-state index in [0.29, 0.717) is 51.4 Å². The number of nitrogens with one attached hydrogen (secondary N) is 1. The number of fused-ring (bicyclic) bond motifs is 3. The van der Waals surface area contributed by atoms with Gasteiger partial charge in [0.1, 0.15) is 0 Å². The van der Waals surface area contributed by atoms with Gasteiger partial charge >= 0.3 is 0 Å². The fourth-order valence-electron chi connectivity index (χ4n) is 6.15. The fraction of sp³-hybridized carbons (Fsp3) is 0.310. The number of rotatable bonds is 3. The van der Waals surface area contributed by atoms with Gasteiger partial charge in [0.15, 0.2) is 0 Å². The highest BCUT2D eigenvalue weighted by molar-refractivity contribution is 6.34. The Bertz CT molecular complexity index is 1320. The van der Waals surface area contributed by atoms with Gasteiger partial charge in [0, 0.05) is 47.1 Å². The summed E-state index contributed by atoms with van der Waals surface area (Å²) in [7, 11) is 0. The van der Waals surface area contributed by atoms with E-state index in [2.05, 4.69) is 16.3 Å². The van der Waals surface area contributed by atoms with Crippen LogP contribution in [-0.4, -0.2) is 35.3 Å². The highest BCUT2D eigenvalue weighted by Gasteiger charge is 2.44. The highest BCUT2D eigenvalue weighted by atomic mass is 35.5. The standard InChI is InChI=1S/C29H27Cl2N3O2/c30-21-10-5-20-16-33-23-13-8-18(9-14-23)27(33)17-34(26(20)15-21)29(36)19-6-11-22(12-7-19)32-28(35)24-3-1-2-4-25(24)31/h1-7,10-12,15,18,23,27H,8-9,13-14,16-17H2,(H,32,35). The molecule has 1 atom stereocenters. The van der Waals surface area contributed by atoms with Gasteiger partial charge in [-0.3, -0.25) is 14.5 Å². The Kier molecular flexibility index (Phi) is 6.24. The van der Waals surface area contributed by atoms with E-state index in [-0.39, 0.29) is 11.8 Å². The molecule has 0 aromatic heterocycles. The van der Waals surface area contributed by atoms with Crippen LogP contribution in [0, 0.1) is 5.92 Å². The molecule has 0 radical (unpaired) electrons. The van der Waals surface area contributed by atoms with Crippen LogP contribution in [0.2, 0.25) is 10.0 Å². The van der Waals surface area contributed by atoms with E-state index in [1.807, 2.05) is 17.0 Å². The molecule has 5 nitrogen and oxygen atoms in total. The molecule has 2 bridgehead atoms. The number of carbonyl (C=O) groups excluding carboxylic acids is 2. The van der Waals surface area contributed by atoms with Crippen molar-refractivity contribution in [3.05, 3.63) is 93.5 Å². The van der Waals surface area contributed by atoms with Crippen molar-refractivity contribution in [1.29, 1.82) is 0 Å². The van der Waals surface area contributed by atoms with Crippen LogP contribution < -0.4 is 10.2 Å². The molecule has 2 saturated heterocycles. The zero-order valence-corrected chi connectivity index (χ0v) is 21.3. The van der Waals surface area contributed by atoms with Gasteiger partial charge in [-0.2, -0.15) is 0 Å². The smallest absolute Gasteiger partial charge is 0.258 e. The number of halogens is 2. The summed E-state index contributed by atoms with van der Waals surface area (Å²) in [5.74, 6) is 0.284. The van der Waals surface area contributed by atoms with Crippen molar-refractivity contribution in [2.24, 2.45) is 5.92 Å². The lowest BCUT2D eigenvalue weighted by Gasteiger charge is -2.51. The molecule has 3 aromatic rings. The average Bonchev–Trinajstić information content (AvgIpc) is 3.08. The Balaban J connectivity index is 1.27. The molecule has 3 fully saturated rings. The van der Waals surface area contributed by atoms with Gasteiger partial charge in [-0.1, -0.05) is 41.4 Å². The van der Waals surface area contributed by atoms with Crippen LogP contribution >= 0.6 is 23.2 Å². The Labute approximate surface area is 221 Å². The number of nitrogens with zero attached hydrogens (tertiary/aromatic N) is 2. The van der Waals surface area contributed by atoms with Gasteiger partial charge in [0.25, 0.3) is 11.8 Å². The molecule has 184 valence electrons. The zero-order valence-electron chi connectivity index (χ0n) is 19.8. The Morgan fingerprint density at radius 3 is 2.39 bits per heavy atom. The minimum atomic E-state index is -0.289. The monoisotopic (exact) mass is 519 g/mol. The summed E-state index contributed by atoms with van der Waals surface area (Å²) >= 11 is 12.6. The van der Waals surface area contributed by atoms with Crippen molar-refractivity contribution in [2.75, 3.05) is 16.8 Å². The largest absolute Gasteiger partial charge is 0.322 e. The molecule has 7 heteroatoms. The van der Waals surface area contributed by atoms with E-state index in [4.69, 9.17) is 23.2 Å². The molecule has 0 spiro atoms. The molecular formula is C29H27Cl2N3O2. The summed E-state index contributed by atoms with van der Waals surface area (Å²) in [6, 6.07) is 20.8. The van der Waals surface area contributed by atoms with Crippen LogP contribution in [0.25, 0.3) is 0 Å². The minimum Gasteiger partial charge on any atom is -0.322 e. The fourth-order valence-corrected chi connectivity index (χ4v) is 6.54. The maximum absolute atomic E-state index is 13.9. The minimum absolute atomic E-state index is 0.0502. The van der Waals surface area contributed by atoms with Crippen molar-refractivity contribution in [2.45, 2.75) is 44.3 Å². The number of piperidine rings is 2. The summed E-state index contributed by atoms with van der Waals surface area (Å²) in [6.07, 6.45) is 4.98. The Hall–Kier alpha value is -2.86. The van der Waals surface area contributed by atoms with Crippen LogP contribution in [0.15, 0.2) is 66.7 Å². The molecule has 3 aliphatic heterocycles. The van der Waals surface area contributed by atoms with E-state index in [0.717, 1.165) is 17.8 Å². The SMILES string of the molecule is O=C(Nc1ccc(C(=O)N2CC3C4CCC(CC4)N3Cc3ccc(Cl)cc32)cc1)c1ccccc1Cl. The molecule has 7 rings (SSSR count). The van der Waals surface area contributed by atoms with Crippen molar-refractivity contribution < 1.29 is 9.59 Å². The molecule has 2 amide bonds. The van der Waals surface area contributed by atoms with E-state index in [9.17, 15) is 9.59 Å². The maximum Gasteiger partial charge on any atom is 0.258 e. The van der Waals surface area contributed by atoms with Gasteiger partial charge in [-0.05, 0) is 85.7 Å². The molecule has 36 heavy (non-hydrogen) atoms. The topological polar surface area (TPSA) is 52.7 Å². The third-order valence-electron chi connectivity index (χ3n) is 7.99. The van der Waals surface area contributed by atoms with E-state index >= 15 is 0 Å². The van der Waals surface area contributed by atoms with Crippen molar-refractivity contribution in [1.82, 2.24) is 4.90 Å². The molecular weight excluding hydrogens is 493 g/mol. The van der Waals surface area contributed by atoms with Crippen LogP contribution in [0.1, 0.15) is 52.0 Å².